The normalized spacial score (nSPS) is 20.0. The molecule has 6 amide bonds. The van der Waals surface area contributed by atoms with Gasteiger partial charge in [-0.25, -0.2) is 79.3 Å². The van der Waals surface area contributed by atoms with Crippen molar-refractivity contribution < 1.29 is 131 Å². The molecule has 0 fully saturated rings. The van der Waals surface area contributed by atoms with Crippen molar-refractivity contribution in [2.24, 2.45) is 0 Å². The van der Waals surface area contributed by atoms with E-state index < -0.39 is 105 Å². The molecule has 63 heteroatoms. The summed E-state index contributed by atoms with van der Waals surface area (Å²) in [6, 6.07) is 10.1. The summed E-state index contributed by atoms with van der Waals surface area (Å²) in [5.41, 5.74) is 4.60. The molecule has 4 N–H and O–H groups in total. The Labute approximate surface area is 937 Å². The van der Waals surface area contributed by atoms with Crippen molar-refractivity contribution >= 4 is 279 Å². The molecule has 9 atom stereocenters. The predicted molar refractivity (Wildman–Crippen MR) is 586 cm³/mol. The maximum Gasteiger partial charge on any atom is 0.410 e. The summed E-state index contributed by atoms with van der Waals surface area (Å²) >= 11 is 29.0. The SMILES string of the molecule is CC(=O)Nc1nnc(Br)s1.CC(=O)Nc1nncs1.CCN(C(=O)OC)[C@H]1CN(CCCOC)S(=O)(=O)c2sc(Br)cc21.CCN(C(=O)OC)[C@H]1CN(CCCOC)S(=O)(=O)c2sccc21.CCN(C(=O)OC)[C@H]1C[C@H](C)S(=O)(=O)c2sc(Br)cc21.CCN(C(=O)OC)[C@H]1C[C@H](C)S(=O)(=O)c2sccc21.CCN[C@H]1CN(CCCOC)S(=O)(=O)c2sccc21.CCN[C@H]1C[C@H](C)S(=O)(=O)c2sccc21.COC(=O)Cl.COC(=O)Cl. The maximum absolute atomic E-state index is 12.8. The zero-order chi connectivity index (χ0) is 112. The van der Waals surface area contributed by atoms with Crippen molar-refractivity contribution in [1.82, 2.24) is 63.5 Å². The number of carbonyl (C=O) groups excluding carboxylic acids is 8. The minimum Gasteiger partial charge on any atom is -0.457 e. The number of rotatable bonds is 26. The fourth-order valence-electron chi connectivity index (χ4n) is 15.5. The Hall–Kier alpha value is -6.32. The molecule has 44 nitrogen and oxygen atoms in total. The lowest BCUT2D eigenvalue weighted by atomic mass is 10.0. The van der Waals surface area contributed by atoms with Gasteiger partial charge < -0.3 is 83.5 Å². The van der Waals surface area contributed by atoms with E-state index in [2.05, 4.69) is 122 Å². The van der Waals surface area contributed by atoms with Crippen molar-refractivity contribution in [3.63, 3.8) is 0 Å². The smallest absolute Gasteiger partial charge is 0.410 e. The summed E-state index contributed by atoms with van der Waals surface area (Å²) in [5.74, 6) is -0.254. The average molecular weight is 2590 g/mol. The number of fused-ring (bicyclic) bond motifs is 6. The van der Waals surface area contributed by atoms with Crippen LogP contribution < -0.4 is 21.3 Å². The molecule has 838 valence electrons. The molecule has 0 aliphatic carbocycles. The first kappa shape index (κ1) is 133. The highest BCUT2D eigenvalue weighted by atomic mass is 79.9. The Kier molecular flexibility index (Phi) is 57.0. The topological polar surface area (TPSA) is 547 Å². The summed E-state index contributed by atoms with van der Waals surface area (Å²) in [5, 5.41) is 33.1. The number of amides is 6. The van der Waals surface area contributed by atoms with Crippen molar-refractivity contribution in [2.75, 3.05) is 173 Å². The van der Waals surface area contributed by atoms with Gasteiger partial charge in [0.2, 0.25) is 22.1 Å². The fraction of sp³-hybridized carbons (Fsp3) is 0.581. The van der Waals surface area contributed by atoms with Crippen LogP contribution in [0.1, 0.15) is 184 Å². The summed E-state index contributed by atoms with van der Waals surface area (Å²) in [7, 11) is -7.43. The number of methoxy groups -OCH3 is 9. The Morgan fingerprint density at radius 1 is 0.396 bits per heavy atom. The second kappa shape index (κ2) is 63.8. The minimum absolute atomic E-state index is 0.0947. The summed E-state index contributed by atoms with van der Waals surface area (Å²) in [6.45, 7) is 26.7. The highest BCUT2D eigenvalue weighted by molar-refractivity contribution is 9.11. The van der Waals surface area contributed by atoms with Crippen molar-refractivity contribution in [3.8, 4) is 0 Å². The van der Waals surface area contributed by atoms with E-state index in [1.807, 2.05) is 64.4 Å². The van der Waals surface area contributed by atoms with Gasteiger partial charge in [0.25, 0.3) is 30.1 Å². The summed E-state index contributed by atoms with van der Waals surface area (Å²) in [6.07, 6.45) is 1.62. The Balaban J connectivity index is 0.000000299. The van der Waals surface area contributed by atoms with Gasteiger partial charge in [-0.15, -0.1) is 88.4 Å². The zero-order valence-corrected chi connectivity index (χ0v) is 103. The zero-order valence-electron chi connectivity index (χ0n) is 85.3. The molecule has 14 rings (SSSR count). The van der Waals surface area contributed by atoms with Gasteiger partial charge in [-0.2, -0.15) is 12.9 Å². The molecule has 0 radical (unpaired) electrons. The highest BCUT2D eigenvalue weighted by Gasteiger charge is 2.48. The number of sulfone groups is 3. The maximum atomic E-state index is 12.8. The Morgan fingerprint density at radius 3 is 1.09 bits per heavy atom. The molecule has 6 aliphatic heterocycles. The fourth-order valence-corrected chi connectivity index (χ4v) is 38.1. The number of nitrogens with one attached hydrogen (secondary N) is 4. The highest BCUT2D eigenvalue weighted by Crippen LogP contribution is 2.49. The Morgan fingerprint density at radius 2 is 0.718 bits per heavy atom. The predicted octanol–water partition coefficient (Wildman–Crippen LogP) is 17.4. The molecule has 6 aliphatic rings. The van der Waals surface area contributed by atoms with Gasteiger partial charge in [0.05, 0.1) is 90.1 Å². The largest absolute Gasteiger partial charge is 0.457 e. The Bertz CT molecular complexity index is 6370. The number of nitrogens with zero attached hydrogens (tertiary/aromatic N) is 11. The molecule has 14 heterocycles. The van der Waals surface area contributed by atoms with Gasteiger partial charge in [0.1, 0.15) is 30.8 Å². The number of aromatic nitrogens is 4. The molecular formula is C86H126Br3Cl2N15O29S14. The second-order valence-electron chi connectivity index (χ2n) is 31.8. The lowest BCUT2D eigenvalue weighted by Gasteiger charge is -2.37. The molecule has 8 aromatic rings. The molecule has 8 aromatic heterocycles. The molecule has 149 heavy (non-hydrogen) atoms. The first-order valence-electron chi connectivity index (χ1n) is 45.5. The minimum atomic E-state index is -3.56. The molecule has 0 aromatic carbocycles. The molecule has 0 saturated heterocycles. The van der Waals surface area contributed by atoms with Crippen LogP contribution in [-0.2, 0) is 112 Å². The van der Waals surface area contributed by atoms with Crippen LogP contribution in [0.2, 0.25) is 0 Å². The number of hydrogen-bond donors (Lipinski definition) is 4. The van der Waals surface area contributed by atoms with Gasteiger partial charge >= 0.3 is 35.2 Å². The molecule has 0 unspecified atom stereocenters. The van der Waals surface area contributed by atoms with Gasteiger partial charge in [0, 0.05) is 184 Å². The van der Waals surface area contributed by atoms with Crippen LogP contribution in [0.4, 0.5) is 39.0 Å². The molecule has 0 spiro atoms. The number of ether oxygens (including phenoxy) is 9. The van der Waals surface area contributed by atoms with Crippen LogP contribution >= 0.6 is 162 Å². The van der Waals surface area contributed by atoms with E-state index in [0.29, 0.717) is 156 Å². The first-order valence-corrected chi connectivity index (χ1v) is 64.4. The quantitative estimate of drug-likeness (QED) is 0.0222. The van der Waals surface area contributed by atoms with Crippen LogP contribution in [0.25, 0.3) is 0 Å². The van der Waals surface area contributed by atoms with E-state index in [1.54, 1.807) is 107 Å². The van der Waals surface area contributed by atoms with E-state index in [1.165, 1.54) is 156 Å². The molecule has 0 saturated carbocycles. The third-order valence-corrected chi connectivity index (χ3v) is 47.2. The van der Waals surface area contributed by atoms with E-state index >= 15 is 0 Å². The van der Waals surface area contributed by atoms with Gasteiger partial charge in [-0.3, -0.25) is 9.59 Å². The van der Waals surface area contributed by atoms with E-state index in [4.69, 9.17) is 33.2 Å². The third-order valence-electron chi connectivity index (χ3n) is 22.4. The lowest BCUT2D eigenvalue weighted by Crippen LogP contribution is -2.47. The summed E-state index contributed by atoms with van der Waals surface area (Å²) in [4.78, 5) is 93.5. The number of hydrogen-bond acceptors (Lipinski definition) is 43. The third kappa shape index (κ3) is 36.6. The monoisotopic (exact) mass is 2590 g/mol. The van der Waals surface area contributed by atoms with Crippen LogP contribution in [0, 0.1) is 0 Å². The van der Waals surface area contributed by atoms with Crippen molar-refractivity contribution in [1.29, 1.82) is 0 Å². The standard InChI is InChI=1S/C14H21BrN2O5S2.C14H22N2O5S2.C12H16BrNO4S2.C12H20N2O3S2.C12H17NO4S2.C10H15NO2S2.C4H4BrN3OS.C4H5N3OS.2C2H3ClO2/c1-4-17(14(18)22-3)11-9-16(6-5-7-21-2)24(19,20)13-10(11)8-12(15)23-13;1-4-16(14(17)21-3)12-10-15(7-5-8-20-2)23(18,19)13-11(12)6-9-22-13;1-4-14(12(15)18-3)9-5-7(2)20(16,17)11-8(9)6-10(13)19-11;1-3-13-11-9-14(6-4-7-17-2)19(15,16)12-10(11)5-8-18-12;1-4-13(12(14)17-3)10-7-8(2)19(15,16)11-9(10)5-6-18-11;1-3-11-9-6-7(2)15(12,13)10-8(9)4-5-14-10;1-2(9)6-4-8-7-3(5)10-4;1-3(8)6-4-7-5-2-9-4;2*1-5-2(3)4/h8,11H,4-7,9H2,1-3H3;6,9,12H,4-5,7-8,10H2,1-3H3;6-7,9H,4-5H2,1-3H3;5,8,11,13H,3-4,6-7,9H2,1-2H3;5-6,8,10H,4,7H2,1-3H3;4-5,7,9,11H,3,6H2,1-2H3;1H3,(H,6,8,9);2H,1H3,(H,6,7,8);2*1H3/t11-;12-;7-,9-;11-;8-,10-;7-,9-;;;;/m000000..../s1. The van der Waals surface area contributed by atoms with E-state index in [9.17, 15) is 88.9 Å². The van der Waals surface area contributed by atoms with Crippen LogP contribution in [0.3, 0.4) is 0 Å². The number of thiophene rings is 6. The van der Waals surface area contributed by atoms with Crippen LogP contribution in [0.5, 0.6) is 0 Å². The van der Waals surface area contributed by atoms with Gasteiger partial charge in [-0.05, 0) is 211 Å². The molecule has 0 bridgehead atoms. The number of halogens is 5. The van der Waals surface area contributed by atoms with Crippen LogP contribution in [-0.4, -0.2) is 329 Å². The summed E-state index contributed by atoms with van der Waals surface area (Å²) < 4.78 is 200. The van der Waals surface area contributed by atoms with Crippen molar-refractivity contribution in [2.45, 2.75) is 192 Å². The van der Waals surface area contributed by atoms with E-state index in [0.717, 1.165) is 43.8 Å². The number of anilines is 2. The molecular weight excluding hydrogens is 2470 g/mol. The number of sulfonamides is 3. The second-order valence-corrected chi connectivity index (χ2v) is 58.1. The average Bonchev–Trinajstić information content (AvgIpc) is 1.64. The number of likely N-dealkylation sites (N-methyl/N-ethyl adjacent to an activating group) is 3. The van der Waals surface area contributed by atoms with Gasteiger partial charge in [0.15, 0.2) is 33.4 Å². The van der Waals surface area contributed by atoms with Crippen molar-refractivity contribution in [3.05, 3.63) is 108 Å². The van der Waals surface area contributed by atoms with Gasteiger partial charge in [-0.1, -0.05) is 36.5 Å². The first-order chi connectivity index (χ1) is 70.3. The van der Waals surface area contributed by atoms with E-state index in [-0.39, 0.29) is 70.6 Å². The van der Waals surface area contributed by atoms with Crippen LogP contribution in [0.15, 0.2) is 100 Å². The number of carbonyl (C=O) groups is 8. The lowest BCUT2D eigenvalue weighted by molar-refractivity contribution is -0.115.